The number of nitriles is 1. The van der Waals surface area contributed by atoms with Crippen molar-refractivity contribution in [1.82, 2.24) is 14.9 Å². The molecule has 1 aliphatic rings. The molecule has 0 saturated carbocycles. The third-order valence-electron chi connectivity index (χ3n) is 4.36. The zero-order valence-corrected chi connectivity index (χ0v) is 14.4. The quantitative estimate of drug-likeness (QED) is 0.855. The normalized spacial score (nSPS) is 13.2. The number of likely N-dealkylation sites (N-methyl/N-ethyl adjacent to an activating group) is 2. The molecule has 2 heterocycles. The lowest BCUT2D eigenvalue weighted by Gasteiger charge is -2.36. The van der Waals surface area contributed by atoms with Crippen LogP contribution in [-0.2, 0) is 6.42 Å². The number of nitrogens with zero attached hydrogens (tertiary/aromatic N) is 6. The van der Waals surface area contributed by atoms with Crippen LogP contribution in [0, 0.1) is 11.3 Å². The molecule has 0 atom stereocenters. The number of urea groups is 1. The van der Waals surface area contributed by atoms with Crippen molar-refractivity contribution in [3.8, 4) is 6.07 Å². The molecule has 128 valence electrons. The zero-order chi connectivity index (χ0) is 17.8. The Morgan fingerprint density at radius 1 is 1.32 bits per heavy atom. The number of benzene rings is 1. The molecule has 0 spiro atoms. The lowest BCUT2D eigenvalue weighted by molar-refractivity contribution is 0.216. The van der Waals surface area contributed by atoms with Gasteiger partial charge in [0.2, 0.25) is 0 Å². The van der Waals surface area contributed by atoms with E-state index in [-0.39, 0.29) is 6.03 Å². The van der Waals surface area contributed by atoms with Crippen LogP contribution in [0.1, 0.15) is 11.1 Å². The predicted octanol–water partition coefficient (Wildman–Crippen LogP) is 1.90. The first-order chi connectivity index (χ1) is 12.1. The maximum atomic E-state index is 12.8. The highest BCUT2D eigenvalue weighted by molar-refractivity contribution is 5.95. The van der Waals surface area contributed by atoms with Gasteiger partial charge in [-0.3, -0.25) is 4.90 Å². The second kappa shape index (κ2) is 7.18. The van der Waals surface area contributed by atoms with Crippen LogP contribution in [0.5, 0.6) is 0 Å². The summed E-state index contributed by atoms with van der Waals surface area (Å²) in [6, 6.07) is 9.50. The second-order valence-electron chi connectivity index (χ2n) is 6.07. The Hall–Kier alpha value is -3.14. The summed E-state index contributed by atoms with van der Waals surface area (Å²) >= 11 is 0. The van der Waals surface area contributed by atoms with Crippen molar-refractivity contribution in [3.05, 3.63) is 47.9 Å². The number of carbonyl (C=O) groups is 1. The van der Waals surface area contributed by atoms with Crippen LogP contribution in [0.15, 0.2) is 36.8 Å². The van der Waals surface area contributed by atoms with Gasteiger partial charge in [-0.2, -0.15) is 5.26 Å². The van der Waals surface area contributed by atoms with Gasteiger partial charge in [-0.15, -0.1) is 0 Å². The molecule has 0 N–H and O–H groups in total. The summed E-state index contributed by atoms with van der Waals surface area (Å²) in [5, 5.41) is 8.84. The van der Waals surface area contributed by atoms with Gasteiger partial charge in [0.1, 0.15) is 12.0 Å². The van der Waals surface area contributed by atoms with Gasteiger partial charge in [-0.05, 0) is 24.1 Å². The Balaban J connectivity index is 1.66. The van der Waals surface area contributed by atoms with Crippen molar-refractivity contribution in [1.29, 1.82) is 5.26 Å². The fraction of sp³-hybridized carbons (Fsp3) is 0.333. The zero-order valence-electron chi connectivity index (χ0n) is 14.4. The van der Waals surface area contributed by atoms with E-state index in [2.05, 4.69) is 16.0 Å². The second-order valence-corrected chi connectivity index (χ2v) is 6.07. The van der Waals surface area contributed by atoms with E-state index in [1.54, 1.807) is 35.2 Å². The molecular weight excluding hydrogens is 316 g/mol. The summed E-state index contributed by atoms with van der Waals surface area (Å²) in [4.78, 5) is 26.6. The van der Waals surface area contributed by atoms with Gasteiger partial charge in [0.05, 0.1) is 17.8 Å². The van der Waals surface area contributed by atoms with Crippen LogP contribution >= 0.6 is 0 Å². The first-order valence-corrected chi connectivity index (χ1v) is 8.13. The number of hydrogen-bond acceptors (Lipinski definition) is 5. The average Bonchev–Trinajstić information content (AvgIpc) is 2.66. The number of hydrogen-bond donors (Lipinski definition) is 0. The number of amides is 2. The molecule has 1 aromatic carbocycles. The Kier molecular flexibility index (Phi) is 4.80. The SMILES string of the molecule is CN(CCc1ccc(C#N)cc1)C(=O)N1CCN(C)c2ncncc21. The number of carbonyl (C=O) groups excluding carboxylic acids is 1. The monoisotopic (exact) mass is 336 g/mol. The molecular formula is C18H20N6O. The minimum Gasteiger partial charge on any atom is -0.356 e. The van der Waals surface area contributed by atoms with E-state index in [0.717, 1.165) is 30.0 Å². The minimum atomic E-state index is -0.0576. The van der Waals surface area contributed by atoms with E-state index < -0.39 is 0 Å². The summed E-state index contributed by atoms with van der Waals surface area (Å²) in [6.45, 7) is 1.94. The molecule has 7 heteroatoms. The van der Waals surface area contributed by atoms with Gasteiger partial charge < -0.3 is 9.80 Å². The summed E-state index contributed by atoms with van der Waals surface area (Å²) in [5.41, 5.74) is 2.48. The van der Waals surface area contributed by atoms with Crippen LogP contribution in [0.4, 0.5) is 16.3 Å². The van der Waals surface area contributed by atoms with E-state index in [9.17, 15) is 4.79 Å². The van der Waals surface area contributed by atoms with Crippen molar-refractivity contribution in [3.63, 3.8) is 0 Å². The summed E-state index contributed by atoms with van der Waals surface area (Å²) in [5.74, 6) is 0.773. The molecule has 0 unspecified atom stereocenters. The van der Waals surface area contributed by atoms with Crippen molar-refractivity contribution < 1.29 is 4.79 Å². The smallest absolute Gasteiger partial charge is 0.324 e. The first-order valence-electron chi connectivity index (χ1n) is 8.13. The minimum absolute atomic E-state index is 0.0576. The van der Waals surface area contributed by atoms with Crippen LogP contribution in [0.3, 0.4) is 0 Å². The maximum absolute atomic E-state index is 12.8. The van der Waals surface area contributed by atoms with Crippen molar-refractivity contribution in [2.75, 3.05) is 43.5 Å². The van der Waals surface area contributed by atoms with Crippen LogP contribution < -0.4 is 9.80 Å². The topological polar surface area (TPSA) is 76.4 Å². The molecule has 0 aliphatic carbocycles. The molecule has 3 rings (SSSR count). The van der Waals surface area contributed by atoms with Crippen molar-refractivity contribution in [2.45, 2.75) is 6.42 Å². The lowest BCUT2D eigenvalue weighted by atomic mass is 10.1. The number of rotatable bonds is 3. The summed E-state index contributed by atoms with van der Waals surface area (Å²) in [6.07, 6.45) is 3.92. The highest BCUT2D eigenvalue weighted by atomic mass is 16.2. The van der Waals surface area contributed by atoms with E-state index in [0.29, 0.717) is 18.7 Å². The highest BCUT2D eigenvalue weighted by Gasteiger charge is 2.28. The molecule has 2 aromatic rings. The van der Waals surface area contributed by atoms with Crippen LogP contribution in [0.2, 0.25) is 0 Å². The standard InChI is InChI=1S/C18H20N6O/c1-22-9-10-24(16-12-20-13-21-17(16)22)18(25)23(2)8-7-14-3-5-15(11-19)6-4-14/h3-6,12-13H,7-10H2,1-2H3. The van der Waals surface area contributed by atoms with E-state index in [4.69, 9.17) is 5.26 Å². The Labute approximate surface area is 147 Å². The van der Waals surface area contributed by atoms with Crippen LogP contribution in [-0.4, -0.2) is 54.6 Å². The highest BCUT2D eigenvalue weighted by Crippen LogP contribution is 2.29. The molecule has 7 nitrogen and oxygen atoms in total. The van der Waals surface area contributed by atoms with Gasteiger partial charge in [0.25, 0.3) is 0 Å². The van der Waals surface area contributed by atoms with Gasteiger partial charge in [0.15, 0.2) is 5.82 Å². The van der Waals surface area contributed by atoms with Gasteiger partial charge in [-0.25, -0.2) is 14.8 Å². The lowest BCUT2D eigenvalue weighted by Crippen LogP contribution is -2.48. The molecule has 2 amide bonds. The van der Waals surface area contributed by atoms with E-state index in [1.165, 1.54) is 6.33 Å². The third-order valence-corrected chi connectivity index (χ3v) is 4.36. The third kappa shape index (κ3) is 3.53. The molecule has 0 saturated heterocycles. The van der Waals surface area contributed by atoms with Crippen LogP contribution in [0.25, 0.3) is 0 Å². The van der Waals surface area contributed by atoms with Crippen molar-refractivity contribution in [2.24, 2.45) is 0 Å². The van der Waals surface area contributed by atoms with E-state index in [1.807, 2.05) is 24.1 Å². The van der Waals surface area contributed by atoms with E-state index >= 15 is 0 Å². The van der Waals surface area contributed by atoms with Gasteiger partial charge in [0, 0.05) is 33.7 Å². The fourth-order valence-corrected chi connectivity index (χ4v) is 2.82. The first kappa shape index (κ1) is 16.7. The van der Waals surface area contributed by atoms with Gasteiger partial charge >= 0.3 is 6.03 Å². The number of aromatic nitrogens is 2. The Morgan fingerprint density at radius 3 is 2.80 bits per heavy atom. The molecule has 0 bridgehead atoms. The maximum Gasteiger partial charge on any atom is 0.324 e. The largest absolute Gasteiger partial charge is 0.356 e. The summed E-state index contributed by atoms with van der Waals surface area (Å²) in [7, 11) is 3.76. The predicted molar refractivity (Wildman–Crippen MR) is 95.5 cm³/mol. The van der Waals surface area contributed by atoms with Crippen molar-refractivity contribution >= 4 is 17.5 Å². The Bertz CT molecular complexity index is 798. The fourth-order valence-electron chi connectivity index (χ4n) is 2.82. The number of anilines is 2. The van der Waals surface area contributed by atoms with Gasteiger partial charge in [-0.1, -0.05) is 12.1 Å². The number of fused-ring (bicyclic) bond motifs is 1. The molecule has 1 aliphatic heterocycles. The Morgan fingerprint density at radius 2 is 2.08 bits per heavy atom. The molecule has 1 aromatic heterocycles. The average molecular weight is 336 g/mol. The molecule has 0 radical (unpaired) electrons. The molecule has 0 fully saturated rings. The molecule has 25 heavy (non-hydrogen) atoms. The summed E-state index contributed by atoms with van der Waals surface area (Å²) < 4.78 is 0.